The molecule has 2 heteroatoms. The summed E-state index contributed by atoms with van der Waals surface area (Å²) in [6.45, 7) is 5.75. The van der Waals surface area contributed by atoms with Crippen LogP contribution in [0.1, 0.15) is 37.3 Å². The van der Waals surface area contributed by atoms with Gasteiger partial charge in [0.1, 0.15) is 6.54 Å². The second-order valence-electron chi connectivity index (χ2n) is 5.99. The molecule has 22 heavy (non-hydrogen) atoms. The molecule has 0 amide bonds. The number of anilines is 1. The van der Waals surface area contributed by atoms with E-state index in [9.17, 15) is 0 Å². The van der Waals surface area contributed by atoms with Gasteiger partial charge in [-0.2, -0.15) is 0 Å². The van der Waals surface area contributed by atoms with Gasteiger partial charge >= 0.3 is 0 Å². The van der Waals surface area contributed by atoms with E-state index in [0.29, 0.717) is 0 Å². The van der Waals surface area contributed by atoms with Crippen molar-refractivity contribution >= 4 is 17.8 Å². The van der Waals surface area contributed by atoms with Gasteiger partial charge in [0.15, 0.2) is 12.4 Å². The zero-order chi connectivity index (χ0) is 15.2. The molecule has 0 spiro atoms. The number of nitrogens with zero attached hydrogens (tertiary/aromatic N) is 2. The summed E-state index contributed by atoms with van der Waals surface area (Å²) in [5, 5.41) is 0. The molecular weight excluding hydrogens is 268 g/mol. The molecule has 0 aliphatic carbocycles. The normalized spacial score (nSPS) is 14.3. The molecule has 1 saturated heterocycles. The van der Waals surface area contributed by atoms with Gasteiger partial charge in [0, 0.05) is 37.3 Å². The van der Waals surface area contributed by atoms with Crippen LogP contribution in [-0.4, -0.2) is 13.1 Å². The summed E-state index contributed by atoms with van der Waals surface area (Å²) in [4.78, 5) is 2.42. The maximum absolute atomic E-state index is 2.42. The first-order chi connectivity index (χ1) is 10.8. The second kappa shape index (κ2) is 7.26. The molecule has 0 bridgehead atoms. The first-order valence-electron chi connectivity index (χ1n) is 8.37. The van der Waals surface area contributed by atoms with E-state index in [2.05, 4.69) is 77.3 Å². The third kappa shape index (κ3) is 3.76. The number of benzene rings is 1. The SMILES string of the molecule is CCCC[n+]1ccc(/C=C/c2ccc(N3CCC3)cc2)cc1. The fourth-order valence-corrected chi connectivity index (χ4v) is 2.63. The Bertz CT molecular complexity index is 607. The lowest BCUT2D eigenvalue weighted by atomic mass is 10.1. The summed E-state index contributed by atoms with van der Waals surface area (Å²) < 4.78 is 2.25. The number of aryl methyl sites for hydroxylation is 1. The van der Waals surface area contributed by atoms with Crippen molar-refractivity contribution in [2.75, 3.05) is 18.0 Å². The van der Waals surface area contributed by atoms with Crippen molar-refractivity contribution in [1.29, 1.82) is 0 Å². The van der Waals surface area contributed by atoms with Gasteiger partial charge < -0.3 is 4.90 Å². The highest BCUT2D eigenvalue weighted by molar-refractivity contribution is 5.70. The van der Waals surface area contributed by atoms with E-state index in [0.717, 1.165) is 6.54 Å². The van der Waals surface area contributed by atoms with E-state index >= 15 is 0 Å². The molecule has 0 unspecified atom stereocenters. The van der Waals surface area contributed by atoms with Crippen LogP contribution in [0.3, 0.4) is 0 Å². The molecule has 1 aliphatic heterocycles. The van der Waals surface area contributed by atoms with Gasteiger partial charge in [-0.25, -0.2) is 4.57 Å². The fraction of sp³-hybridized carbons (Fsp3) is 0.350. The molecule has 0 saturated carbocycles. The third-order valence-corrected chi connectivity index (χ3v) is 4.27. The molecule has 3 rings (SSSR count). The van der Waals surface area contributed by atoms with E-state index in [1.165, 1.54) is 49.2 Å². The average molecular weight is 293 g/mol. The predicted octanol–water partition coefficient (Wildman–Crippen LogP) is 4.15. The first kappa shape index (κ1) is 14.8. The topological polar surface area (TPSA) is 7.12 Å². The van der Waals surface area contributed by atoms with Crippen LogP contribution in [0, 0.1) is 0 Å². The minimum absolute atomic E-state index is 1.11. The second-order valence-corrected chi connectivity index (χ2v) is 5.99. The van der Waals surface area contributed by atoms with E-state index in [4.69, 9.17) is 0 Å². The lowest BCUT2D eigenvalue weighted by Crippen LogP contribution is -2.36. The van der Waals surface area contributed by atoms with Crippen molar-refractivity contribution in [3.63, 3.8) is 0 Å². The molecule has 1 fully saturated rings. The van der Waals surface area contributed by atoms with Gasteiger partial charge in [0.2, 0.25) is 0 Å². The Balaban J connectivity index is 1.60. The highest BCUT2D eigenvalue weighted by Crippen LogP contribution is 2.21. The molecule has 114 valence electrons. The highest BCUT2D eigenvalue weighted by Gasteiger charge is 2.13. The Hall–Kier alpha value is -2.09. The van der Waals surface area contributed by atoms with Gasteiger partial charge in [0.25, 0.3) is 0 Å². The largest absolute Gasteiger partial charge is 0.371 e. The summed E-state index contributed by atoms with van der Waals surface area (Å²) in [6.07, 6.45) is 12.5. The smallest absolute Gasteiger partial charge is 0.169 e. The van der Waals surface area contributed by atoms with Crippen molar-refractivity contribution < 1.29 is 4.57 Å². The van der Waals surface area contributed by atoms with Crippen LogP contribution < -0.4 is 9.47 Å². The van der Waals surface area contributed by atoms with Crippen molar-refractivity contribution in [2.24, 2.45) is 0 Å². The first-order valence-corrected chi connectivity index (χ1v) is 8.37. The molecular formula is C20H25N2+. The molecule has 2 nitrogen and oxygen atoms in total. The summed E-state index contributed by atoms with van der Waals surface area (Å²) >= 11 is 0. The van der Waals surface area contributed by atoms with Crippen molar-refractivity contribution in [3.05, 3.63) is 59.9 Å². The maximum atomic E-state index is 2.42. The Morgan fingerprint density at radius 2 is 1.59 bits per heavy atom. The molecule has 0 atom stereocenters. The number of hydrogen-bond acceptors (Lipinski definition) is 1. The number of aromatic nitrogens is 1. The van der Waals surface area contributed by atoms with Crippen LogP contribution in [-0.2, 0) is 6.54 Å². The van der Waals surface area contributed by atoms with E-state index in [1.807, 2.05) is 0 Å². The van der Waals surface area contributed by atoms with Crippen LogP contribution >= 0.6 is 0 Å². The van der Waals surface area contributed by atoms with Gasteiger partial charge in [-0.1, -0.05) is 37.6 Å². The summed E-state index contributed by atoms with van der Waals surface area (Å²) in [5.74, 6) is 0. The third-order valence-electron chi connectivity index (χ3n) is 4.27. The molecule has 1 aromatic carbocycles. The number of unbranched alkanes of at least 4 members (excludes halogenated alkanes) is 1. The number of pyridine rings is 1. The summed E-state index contributed by atoms with van der Waals surface area (Å²) in [5.41, 5.74) is 3.85. The van der Waals surface area contributed by atoms with Crippen molar-refractivity contribution in [1.82, 2.24) is 0 Å². The quantitative estimate of drug-likeness (QED) is 0.726. The molecule has 0 N–H and O–H groups in total. The Morgan fingerprint density at radius 1 is 0.955 bits per heavy atom. The van der Waals surface area contributed by atoms with Crippen LogP contribution in [0.25, 0.3) is 12.2 Å². The molecule has 0 radical (unpaired) electrons. The van der Waals surface area contributed by atoms with Crippen LogP contribution in [0.15, 0.2) is 48.8 Å². The molecule has 1 aliphatic rings. The van der Waals surface area contributed by atoms with Crippen molar-refractivity contribution in [2.45, 2.75) is 32.7 Å². The lowest BCUT2D eigenvalue weighted by Gasteiger charge is -2.33. The average Bonchev–Trinajstić information content (AvgIpc) is 2.52. The molecule has 2 aromatic rings. The minimum Gasteiger partial charge on any atom is -0.371 e. The van der Waals surface area contributed by atoms with Gasteiger partial charge in [-0.15, -0.1) is 0 Å². The monoisotopic (exact) mass is 293 g/mol. The molecule has 1 aromatic heterocycles. The Kier molecular flexibility index (Phi) is 4.89. The highest BCUT2D eigenvalue weighted by atomic mass is 15.2. The van der Waals surface area contributed by atoms with Gasteiger partial charge in [-0.05, 0) is 29.7 Å². The lowest BCUT2D eigenvalue weighted by molar-refractivity contribution is -0.697. The van der Waals surface area contributed by atoms with Crippen LogP contribution in [0.4, 0.5) is 5.69 Å². The Labute approximate surface area is 133 Å². The minimum atomic E-state index is 1.11. The summed E-state index contributed by atoms with van der Waals surface area (Å²) in [7, 11) is 0. The van der Waals surface area contributed by atoms with Gasteiger partial charge in [-0.3, -0.25) is 0 Å². The molecule has 2 heterocycles. The number of hydrogen-bond donors (Lipinski definition) is 0. The number of rotatable bonds is 6. The predicted molar refractivity (Wildman–Crippen MR) is 93.7 cm³/mol. The Morgan fingerprint density at radius 3 is 2.14 bits per heavy atom. The van der Waals surface area contributed by atoms with E-state index in [-0.39, 0.29) is 0 Å². The van der Waals surface area contributed by atoms with Crippen LogP contribution in [0.2, 0.25) is 0 Å². The standard InChI is InChI=1S/C20H25N2/c1-2-3-13-21-16-11-19(12-17-21)6-5-18-7-9-20(10-8-18)22-14-4-15-22/h5-12,16-17H,2-4,13-15H2,1H3/q+1. The zero-order valence-electron chi connectivity index (χ0n) is 13.4. The fourth-order valence-electron chi connectivity index (χ4n) is 2.63. The van der Waals surface area contributed by atoms with Gasteiger partial charge in [0.05, 0.1) is 0 Å². The van der Waals surface area contributed by atoms with E-state index in [1.54, 1.807) is 0 Å². The van der Waals surface area contributed by atoms with E-state index < -0.39 is 0 Å². The zero-order valence-corrected chi connectivity index (χ0v) is 13.4. The summed E-state index contributed by atoms with van der Waals surface area (Å²) in [6, 6.07) is 13.2. The maximum Gasteiger partial charge on any atom is 0.169 e. The van der Waals surface area contributed by atoms with Crippen molar-refractivity contribution in [3.8, 4) is 0 Å². The van der Waals surface area contributed by atoms with Crippen LogP contribution in [0.5, 0.6) is 0 Å².